The predicted octanol–water partition coefficient (Wildman–Crippen LogP) is 3.49. The molecule has 1 amide bonds. The van der Waals surface area contributed by atoms with Crippen molar-refractivity contribution in [3.8, 4) is 5.75 Å². The summed E-state index contributed by atoms with van der Waals surface area (Å²) in [5.74, 6) is -0.391. The van der Waals surface area contributed by atoms with Gasteiger partial charge in [0.05, 0.1) is 24.2 Å². The summed E-state index contributed by atoms with van der Waals surface area (Å²) >= 11 is 13.0. The van der Waals surface area contributed by atoms with Crippen molar-refractivity contribution in [1.82, 2.24) is 4.98 Å². The zero-order valence-electron chi connectivity index (χ0n) is 12.9. The Bertz CT molecular complexity index is 764. The molecule has 1 aromatic heterocycles. The number of nitrogens with one attached hydrogen (secondary N) is 1. The fourth-order valence-corrected chi connectivity index (χ4v) is 3.17. The van der Waals surface area contributed by atoms with Crippen LogP contribution < -0.4 is 10.1 Å². The number of thiazole rings is 1. The summed E-state index contributed by atoms with van der Waals surface area (Å²) in [5, 5.41) is 3.81. The van der Waals surface area contributed by atoms with E-state index in [4.69, 9.17) is 27.9 Å². The fourth-order valence-electron chi connectivity index (χ4n) is 1.74. The van der Waals surface area contributed by atoms with Crippen LogP contribution in [-0.4, -0.2) is 30.6 Å². The number of methoxy groups -OCH3 is 1. The van der Waals surface area contributed by atoms with Gasteiger partial charge in [-0.2, -0.15) is 0 Å². The highest BCUT2D eigenvalue weighted by atomic mass is 35.5. The lowest BCUT2D eigenvalue weighted by atomic mass is 10.3. The van der Waals surface area contributed by atoms with Gasteiger partial charge in [-0.05, 0) is 25.1 Å². The summed E-state index contributed by atoms with van der Waals surface area (Å²) in [6, 6.07) is 4.73. The number of hydrogen-bond donors (Lipinski definition) is 1. The molecule has 2 rings (SSSR count). The van der Waals surface area contributed by atoms with Crippen LogP contribution in [0.5, 0.6) is 5.75 Å². The van der Waals surface area contributed by atoms with Gasteiger partial charge in [-0.1, -0.05) is 23.2 Å². The molecule has 0 aliphatic carbocycles. The minimum absolute atomic E-state index is 0.118. The van der Waals surface area contributed by atoms with Crippen molar-refractivity contribution >= 4 is 51.5 Å². The number of nitrogens with zero attached hydrogens (tertiary/aromatic N) is 1. The van der Waals surface area contributed by atoms with Gasteiger partial charge in [0.2, 0.25) is 0 Å². The standard InChI is InChI=1S/C15H14Cl2N2O4S/c1-8-12(6-14(21)22-2)24-15(18-8)19-13(20)7-23-11-4-3-9(16)5-10(11)17/h3-5H,6-7H2,1-2H3,(H,18,19,20). The number of aryl methyl sites for hydroxylation is 1. The summed E-state index contributed by atoms with van der Waals surface area (Å²) in [6.45, 7) is 1.53. The van der Waals surface area contributed by atoms with Crippen LogP contribution in [0.1, 0.15) is 10.6 Å². The topological polar surface area (TPSA) is 77.5 Å². The number of rotatable bonds is 6. The number of carbonyl (C=O) groups is 2. The molecule has 2 aromatic rings. The zero-order chi connectivity index (χ0) is 17.7. The minimum atomic E-state index is -0.389. The van der Waals surface area contributed by atoms with Crippen LogP contribution in [0.25, 0.3) is 0 Å². The molecule has 24 heavy (non-hydrogen) atoms. The van der Waals surface area contributed by atoms with E-state index in [0.29, 0.717) is 26.6 Å². The van der Waals surface area contributed by atoms with Gasteiger partial charge in [-0.3, -0.25) is 14.9 Å². The first-order valence-electron chi connectivity index (χ1n) is 6.80. The summed E-state index contributed by atoms with van der Waals surface area (Å²) in [7, 11) is 1.32. The zero-order valence-corrected chi connectivity index (χ0v) is 15.2. The molecule has 0 atom stereocenters. The SMILES string of the molecule is COC(=O)Cc1sc(NC(=O)COc2ccc(Cl)cc2Cl)nc1C. The second kappa shape index (κ2) is 8.32. The number of amides is 1. The summed E-state index contributed by atoms with van der Waals surface area (Å²) in [4.78, 5) is 28.2. The minimum Gasteiger partial charge on any atom is -0.482 e. The van der Waals surface area contributed by atoms with E-state index in [1.54, 1.807) is 19.1 Å². The normalized spacial score (nSPS) is 10.3. The Labute approximate surface area is 152 Å². The van der Waals surface area contributed by atoms with Crippen LogP contribution in [0, 0.1) is 6.92 Å². The van der Waals surface area contributed by atoms with E-state index in [0.717, 1.165) is 4.88 Å². The Kier molecular flexibility index (Phi) is 6.42. The lowest BCUT2D eigenvalue weighted by Gasteiger charge is -2.07. The number of benzene rings is 1. The van der Waals surface area contributed by atoms with Gasteiger partial charge in [-0.25, -0.2) is 4.98 Å². The molecule has 1 heterocycles. The molecule has 128 valence electrons. The van der Waals surface area contributed by atoms with Gasteiger partial charge in [0.15, 0.2) is 11.7 Å². The first-order chi connectivity index (χ1) is 11.4. The average Bonchev–Trinajstić information content (AvgIpc) is 2.85. The summed E-state index contributed by atoms with van der Waals surface area (Å²) in [6.07, 6.45) is 0.118. The molecule has 0 fully saturated rings. The molecule has 0 aliphatic heterocycles. The van der Waals surface area contributed by atoms with E-state index in [9.17, 15) is 9.59 Å². The Hall–Kier alpha value is -1.83. The highest BCUT2D eigenvalue weighted by Crippen LogP contribution is 2.27. The third kappa shape index (κ3) is 5.09. The molecule has 0 saturated heterocycles. The van der Waals surface area contributed by atoms with E-state index in [1.165, 1.54) is 24.5 Å². The van der Waals surface area contributed by atoms with Crippen molar-refractivity contribution in [1.29, 1.82) is 0 Å². The Morgan fingerprint density at radius 2 is 2.08 bits per heavy atom. The number of hydrogen-bond acceptors (Lipinski definition) is 6. The Balaban J connectivity index is 1.92. The Morgan fingerprint density at radius 3 is 2.75 bits per heavy atom. The van der Waals surface area contributed by atoms with Gasteiger partial charge in [-0.15, -0.1) is 11.3 Å². The monoisotopic (exact) mass is 388 g/mol. The molecule has 1 N–H and O–H groups in total. The average molecular weight is 389 g/mol. The number of ether oxygens (including phenoxy) is 2. The largest absolute Gasteiger partial charge is 0.482 e. The number of esters is 1. The van der Waals surface area contributed by atoms with Crippen molar-refractivity contribution in [3.05, 3.63) is 38.8 Å². The van der Waals surface area contributed by atoms with Crippen LogP contribution in [0.4, 0.5) is 5.13 Å². The molecule has 6 nitrogen and oxygen atoms in total. The van der Waals surface area contributed by atoms with Gasteiger partial charge in [0.1, 0.15) is 5.75 Å². The molecule has 0 spiro atoms. The molecular weight excluding hydrogens is 375 g/mol. The molecule has 1 aromatic carbocycles. The Morgan fingerprint density at radius 1 is 1.33 bits per heavy atom. The van der Waals surface area contributed by atoms with Crippen LogP contribution in [0.2, 0.25) is 10.0 Å². The van der Waals surface area contributed by atoms with Crippen LogP contribution in [0.15, 0.2) is 18.2 Å². The molecule has 0 unspecified atom stereocenters. The second-order valence-corrected chi connectivity index (χ2v) is 6.62. The van der Waals surface area contributed by atoms with E-state index >= 15 is 0 Å². The van der Waals surface area contributed by atoms with Crippen molar-refractivity contribution in [2.24, 2.45) is 0 Å². The molecule has 0 radical (unpaired) electrons. The van der Waals surface area contributed by atoms with Gasteiger partial charge < -0.3 is 9.47 Å². The molecular formula is C15H14Cl2N2O4S. The van der Waals surface area contributed by atoms with Gasteiger partial charge in [0, 0.05) is 9.90 Å². The van der Waals surface area contributed by atoms with Gasteiger partial charge in [0.25, 0.3) is 5.91 Å². The maximum absolute atomic E-state index is 11.9. The lowest BCUT2D eigenvalue weighted by molar-refractivity contribution is -0.139. The van der Waals surface area contributed by atoms with Crippen LogP contribution >= 0.6 is 34.5 Å². The maximum Gasteiger partial charge on any atom is 0.310 e. The van der Waals surface area contributed by atoms with E-state index in [1.807, 2.05) is 0 Å². The predicted molar refractivity (Wildman–Crippen MR) is 93.2 cm³/mol. The highest BCUT2D eigenvalue weighted by Gasteiger charge is 2.14. The first kappa shape index (κ1) is 18.5. The summed E-state index contributed by atoms with van der Waals surface area (Å²) < 4.78 is 9.96. The third-order valence-electron chi connectivity index (χ3n) is 2.92. The number of anilines is 1. The van der Waals surface area contributed by atoms with E-state index in [-0.39, 0.29) is 24.9 Å². The van der Waals surface area contributed by atoms with Crippen LogP contribution in [-0.2, 0) is 20.7 Å². The summed E-state index contributed by atoms with van der Waals surface area (Å²) in [5.41, 5.74) is 0.669. The van der Waals surface area contributed by atoms with Crippen molar-refractivity contribution in [3.63, 3.8) is 0 Å². The van der Waals surface area contributed by atoms with Gasteiger partial charge >= 0.3 is 5.97 Å². The molecule has 0 bridgehead atoms. The number of carbonyl (C=O) groups excluding carboxylic acids is 2. The first-order valence-corrected chi connectivity index (χ1v) is 8.37. The van der Waals surface area contributed by atoms with E-state index in [2.05, 4.69) is 15.0 Å². The van der Waals surface area contributed by atoms with Crippen LogP contribution in [0.3, 0.4) is 0 Å². The third-order valence-corrected chi connectivity index (χ3v) is 4.53. The van der Waals surface area contributed by atoms with Crippen molar-refractivity contribution < 1.29 is 19.1 Å². The quantitative estimate of drug-likeness (QED) is 0.766. The number of aromatic nitrogens is 1. The number of halogens is 2. The van der Waals surface area contributed by atoms with E-state index < -0.39 is 0 Å². The van der Waals surface area contributed by atoms with Crippen molar-refractivity contribution in [2.75, 3.05) is 19.0 Å². The fraction of sp³-hybridized carbons (Fsp3) is 0.267. The molecule has 0 aliphatic rings. The van der Waals surface area contributed by atoms with Crippen molar-refractivity contribution in [2.45, 2.75) is 13.3 Å². The lowest BCUT2D eigenvalue weighted by Crippen LogP contribution is -2.20. The molecule has 0 saturated carbocycles. The second-order valence-electron chi connectivity index (χ2n) is 4.69. The highest BCUT2D eigenvalue weighted by molar-refractivity contribution is 7.16. The maximum atomic E-state index is 11.9. The molecule has 9 heteroatoms. The smallest absolute Gasteiger partial charge is 0.310 e.